The number of hydrogen-bond acceptors (Lipinski definition) is 1. The van der Waals surface area contributed by atoms with Gasteiger partial charge in [0.1, 0.15) is 5.82 Å². The molecule has 1 nitrogen and oxygen atoms in total. The zero-order chi connectivity index (χ0) is 12.0. The van der Waals surface area contributed by atoms with Gasteiger partial charge in [-0.05, 0) is 37.1 Å². The average Bonchev–Trinajstić information content (AvgIpc) is 2.22. The number of ketones is 1. The number of rotatable bonds is 6. The quantitative estimate of drug-likeness (QED) is 0.518. The second-order valence-electron chi connectivity index (χ2n) is 4.25. The first kappa shape index (κ1) is 12.9. The number of Topliss-reactive ketones (excluding diaryl/α,β-unsaturated/α-hetero) is 1. The van der Waals surface area contributed by atoms with Gasteiger partial charge < -0.3 is 0 Å². The molecule has 0 spiro atoms. The lowest BCUT2D eigenvalue weighted by molar-refractivity contribution is 0.0978. The van der Waals surface area contributed by atoms with Crippen LogP contribution in [0.15, 0.2) is 18.2 Å². The van der Waals surface area contributed by atoms with E-state index in [1.165, 1.54) is 12.1 Å². The molecule has 88 valence electrons. The van der Waals surface area contributed by atoms with Gasteiger partial charge in [-0.15, -0.1) is 0 Å². The SMILES string of the molecule is CCCCCCC(=O)c1cc(C)cc(F)c1. The van der Waals surface area contributed by atoms with Crippen molar-refractivity contribution >= 4 is 5.78 Å². The molecule has 1 aromatic carbocycles. The molecule has 0 atom stereocenters. The number of hydrogen-bond donors (Lipinski definition) is 0. The Hall–Kier alpha value is -1.18. The first-order valence-corrected chi connectivity index (χ1v) is 5.94. The van der Waals surface area contributed by atoms with E-state index in [-0.39, 0.29) is 11.6 Å². The van der Waals surface area contributed by atoms with Crippen molar-refractivity contribution in [2.45, 2.75) is 46.0 Å². The first-order valence-electron chi connectivity index (χ1n) is 5.94. The van der Waals surface area contributed by atoms with Crippen LogP contribution in [0.5, 0.6) is 0 Å². The smallest absolute Gasteiger partial charge is 0.162 e. The molecule has 0 unspecified atom stereocenters. The molecule has 0 fully saturated rings. The molecule has 1 aromatic rings. The zero-order valence-corrected chi connectivity index (χ0v) is 10.1. The van der Waals surface area contributed by atoms with Crippen molar-refractivity contribution in [2.75, 3.05) is 0 Å². The predicted octanol–water partition coefficient (Wildman–Crippen LogP) is 4.29. The van der Waals surface area contributed by atoms with E-state index in [4.69, 9.17) is 0 Å². The van der Waals surface area contributed by atoms with Gasteiger partial charge in [-0.3, -0.25) is 4.79 Å². The summed E-state index contributed by atoms with van der Waals surface area (Å²) in [6.07, 6.45) is 4.84. The summed E-state index contributed by atoms with van der Waals surface area (Å²) < 4.78 is 13.1. The molecular weight excluding hydrogens is 203 g/mol. The van der Waals surface area contributed by atoms with Crippen LogP contribution in [0.25, 0.3) is 0 Å². The summed E-state index contributed by atoms with van der Waals surface area (Å²) >= 11 is 0. The summed E-state index contributed by atoms with van der Waals surface area (Å²) in [5.74, 6) is -0.268. The fourth-order valence-electron chi connectivity index (χ4n) is 1.75. The minimum atomic E-state index is -0.322. The number of carbonyl (C=O) groups excluding carboxylic acids is 1. The van der Waals surface area contributed by atoms with E-state index in [1.807, 2.05) is 0 Å². The normalized spacial score (nSPS) is 10.4. The van der Waals surface area contributed by atoms with E-state index < -0.39 is 0 Å². The Morgan fingerprint density at radius 2 is 1.94 bits per heavy atom. The molecule has 0 N–H and O–H groups in total. The molecule has 2 heteroatoms. The van der Waals surface area contributed by atoms with Crippen LogP contribution in [-0.2, 0) is 0 Å². The third-order valence-electron chi connectivity index (χ3n) is 2.62. The third kappa shape index (κ3) is 4.13. The second-order valence-corrected chi connectivity index (χ2v) is 4.25. The highest BCUT2D eigenvalue weighted by Crippen LogP contribution is 2.13. The molecule has 16 heavy (non-hydrogen) atoms. The van der Waals surface area contributed by atoms with Gasteiger partial charge in [0.25, 0.3) is 0 Å². The summed E-state index contributed by atoms with van der Waals surface area (Å²) in [6.45, 7) is 3.94. The Kier molecular flexibility index (Phi) is 5.17. The van der Waals surface area contributed by atoms with E-state index in [9.17, 15) is 9.18 Å². The van der Waals surface area contributed by atoms with Gasteiger partial charge >= 0.3 is 0 Å². The highest BCUT2D eigenvalue weighted by Gasteiger charge is 2.07. The van der Waals surface area contributed by atoms with Crippen molar-refractivity contribution in [1.29, 1.82) is 0 Å². The molecule has 0 saturated carbocycles. The number of aryl methyl sites for hydroxylation is 1. The molecule has 0 bridgehead atoms. The molecule has 0 amide bonds. The summed E-state index contributed by atoms with van der Waals surface area (Å²) in [4.78, 5) is 11.7. The van der Waals surface area contributed by atoms with Gasteiger partial charge in [0.2, 0.25) is 0 Å². The molecule has 0 aliphatic heterocycles. The van der Waals surface area contributed by atoms with Crippen molar-refractivity contribution in [2.24, 2.45) is 0 Å². The summed E-state index contributed by atoms with van der Waals surface area (Å²) in [6, 6.07) is 4.52. The number of unbranched alkanes of at least 4 members (excludes halogenated alkanes) is 3. The van der Waals surface area contributed by atoms with Crippen molar-refractivity contribution < 1.29 is 9.18 Å². The third-order valence-corrected chi connectivity index (χ3v) is 2.62. The standard InChI is InChI=1S/C14H19FO/c1-3-4-5-6-7-14(16)12-8-11(2)9-13(15)10-12/h8-10H,3-7H2,1-2H3. The van der Waals surface area contributed by atoms with Crippen LogP contribution in [0.2, 0.25) is 0 Å². The van der Waals surface area contributed by atoms with Gasteiger partial charge in [0.15, 0.2) is 5.78 Å². The van der Waals surface area contributed by atoms with Gasteiger partial charge in [0, 0.05) is 12.0 Å². The molecule has 0 saturated heterocycles. The molecule has 0 radical (unpaired) electrons. The van der Waals surface area contributed by atoms with Crippen LogP contribution in [0.4, 0.5) is 4.39 Å². The zero-order valence-electron chi connectivity index (χ0n) is 10.1. The topological polar surface area (TPSA) is 17.1 Å². The summed E-state index contributed by atoms with van der Waals surface area (Å²) in [7, 11) is 0. The number of benzene rings is 1. The average molecular weight is 222 g/mol. The maximum Gasteiger partial charge on any atom is 0.162 e. The lowest BCUT2D eigenvalue weighted by Crippen LogP contribution is -2.00. The van der Waals surface area contributed by atoms with Crippen LogP contribution in [0, 0.1) is 12.7 Å². The molecule has 1 rings (SSSR count). The van der Waals surface area contributed by atoms with Crippen LogP contribution >= 0.6 is 0 Å². The summed E-state index contributed by atoms with van der Waals surface area (Å²) in [5.41, 5.74) is 1.31. The molecule has 0 aromatic heterocycles. The molecule has 0 aliphatic rings. The van der Waals surface area contributed by atoms with Crippen molar-refractivity contribution in [3.05, 3.63) is 35.1 Å². The van der Waals surface area contributed by atoms with E-state index in [2.05, 4.69) is 6.92 Å². The summed E-state index contributed by atoms with van der Waals surface area (Å²) in [5, 5.41) is 0. The Balaban J connectivity index is 2.52. The lowest BCUT2D eigenvalue weighted by Gasteiger charge is -2.03. The van der Waals surface area contributed by atoms with Crippen molar-refractivity contribution in [3.8, 4) is 0 Å². The Morgan fingerprint density at radius 1 is 1.19 bits per heavy atom. The Labute approximate surface area is 96.7 Å². The highest BCUT2D eigenvalue weighted by atomic mass is 19.1. The van der Waals surface area contributed by atoms with Crippen LogP contribution in [0.3, 0.4) is 0 Å². The monoisotopic (exact) mass is 222 g/mol. The maximum absolute atomic E-state index is 13.1. The van der Waals surface area contributed by atoms with Crippen LogP contribution < -0.4 is 0 Å². The number of carbonyl (C=O) groups is 1. The highest BCUT2D eigenvalue weighted by molar-refractivity contribution is 5.96. The van der Waals surface area contributed by atoms with E-state index in [1.54, 1.807) is 13.0 Å². The maximum atomic E-state index is 13.1. The minimum Gasteiger partial charge on any atom is -0.294 e. The van der Waals surface area contributed by atoms with Gasteiger partial charge in [-0.1, -0.05) is 26.2 Å². The first-order chi connectivity index (χ1) is 7.63. The predicted molar refractivity (Wildman–Crippen MR) is 64.2 cm³/mol. The fourth-order valence-corrected chi connectivity index (χ4v) is 1.75. The van der Waals surface area contributed by atoms with E-state index in [0.717, 1.165) is 31.2 Å². The molecule has 0 aliphatic carbocycles. The van der Waals surface area contributed by atoms with Crippen LogP contribution in [-0.4, -0.2) is 5.78 Å². The molecule has 0 heterocycles. The second kappa shape index (κ2) is 6.41. The fraction of sp³-hybridized carbons (Fsp3) is 0.500. The van der Waals surface area contributed by atoms with Crippen molar-refractivity contribution in [1.82, 2.24) is 0 Å². The van der Waals surface area contributed by atoms with Gasteiger partial charge in [-0.25, -0.2) is 4.39 Å². The van der Waals surface area contributed by atoms with Gasteiger partial charge in [-0.2, -0.15) is 0 Å². The van der Waals surface area contributed by atoms with Gasteiger partial charge in [0.05, 0.1) is 0 Å². The van der Waals surface area contributed by atoms with E-state index in [0.29, 0.717) is 12.0 Å². The lowest BCUT2D eigenvalue weighted by atomic mass is 10.0. The largest absolute Gasteiger partial charge is 0.294 e. The Morgan fingerprint density at radius 3 is 2.56 bits per heavy atom. The van der Waals surface area contributed by atoms with Crippen LogP contribution in [0.1, 0.15) is 54.9 Å². The Bertz CT molecular complexity index is 338. The van der Waals surface area contributed by atoms with E-state index >= 15 is 0 Å². The van der Waals surface area contributed by atoms with Crippen molar-refractivity contribution in [3.63, 3.8) is 0 Å². The number of halogens is 1. The minimum absolute atomic E-state index is 0.0544. The molecular formula is C14H19FO.